The van der Waals surface area contributed by atoms with Crippen LogP contribution in [0.5, 0.6) is 11.5 Å². The first kappa shape index (κ1) is 16.0. The van der Waals surface area contributed by atoms with Gasteiger partial charge in [0.15, 0.2) is 11.5 Å². The summed E-state index contributed by atoms with van der Waals surface area (Å²) in [7, 11) is 3.04. The molecule has 24 heavy (non-hydrogen) atoms. The Kier molecular flexibility index (Phi) is 4.48. The summed E-state index contributed by atoms with van der Waals surface area (Å²) in [4.78, 5) is 17.0. The average molecular weight is 326 g/mol. The van der Waals surface area contributed by atoms with Crippen molar-refractivity contribution in [3.05, 3.63) is 64.7 Å². The maximum atomic E-state index is 12.7. The number of nitrogens with zero attached hydrogens (tertiary/aromatic N) is 2. The van der Waals surface area contributed by atoms with Gasteiger partial charge in [0, 0.05) is 6.07 Å². The standard InChI is InChI=1S/C18H18N2O4/c1-23-16-8-13-14(9-17(16)24-2)19-11-20(18(13)22)10-15(21)12-6-4-3-5-7-12/h3-9,11,15,21H,10H2,1-2H3. The number of ether oxygens (including phenoxy) is 2. The maximum absolute atomic E-state index is 12.7. The molecule has 0 spiro atoms. The Morgan fingerprint density at radius 2 is 1.79 bits per heavy atom. The molecule has 3 aromatic rings. The molecule has 0 saturated heterocycles. The molecule has 3 rings (SSSR count). The third kappa shape index (κ3) is 2.96. The number of benzene rings is 2. The van der Waals surface area contributed by atoms with Crippen LogP contribution in [0.15, 0.2) is 53.6 Å². The molecule has 0 saturated carbocycles. The smallest absolute Gasteiger partial charge is 0.261 e. The Labute approximate surface area is 138 Å². The highest BCUT2D eigenvalue weighted by molar-refractivity contribution is 5.81. The largest absolute Gasteiger partial charge is 0.493 e. The zero-order valence-electron chi connectivity index (χ0n) is 13.5. The van der Waals surface area contributed by atoms with Crippen molar-refractivity contribution in [3.8, 4) is 11.5 Å². The van der Waals surface area contributed by atoms with Gasteiger partial charge >= 0.3 is 0 Å². The van der Waals surface area contributed by atoms with Crippen molar-refractivity contribution < 1.29 is 14.6 Å². The highest BCUT2D eigenvalue weighted by Gasteiger charge is 2.13. The SMILES string of the molecule is COc1cc2ncn(CC(O)c3ccccc3)c(=O)c2cc1OC. The van der Waals surface area contributed by atoms with Gasteiger partial charge in [-0.2, -0.15) is 0 Å². The Morgan fingerprint density at radius 3 is 2.46 bits per heavy atom. The normalized spacial score (nSPS) is 12.1. The second kappa shape index (κ2) is 6.72. The summed E-state index contributed by atoms with van der Waals surface area (Å²) >= 11 is 0. The zero-order chi connectivity index (χ0) is 17.1. The molecular formula is C18H18N2O4. The number of aliphatic hydroxyl groups is 1. The molecule has 124 valence electrons. The highest BCUT2D eigenvalue weighted by atomic mass is 16.5. The van der Waals surface area contributed by atoms with Gasteiger partial charge in [0.2, 0.25) is 0 Å². The van der Waals surface area contributed by atoms with E-state index < -0.39 is 6.10 Å². The van der Waals surface area contributed by atoms with Gasteiger partial charge in [-0.15, -0.1) is 0 Å². The summed E-state index contributed by atoms with van der Waals surface area (Å²) in [6.07, 6.45) is 0.645. The minimum absolute atomic E-state index is 0.125. The predicted octanol–water partition coefficient (Wildman–Crippen LogP) is 2.15. The van der Waals surface area contributed by atoms with Crippen LogP contribution in [0, 0.1) is 0 Å². The van der Waals surface area contributed by atoms with Crippen LogP contribution in [0.25, 0.3) is 10.9 Å². The predicted molar refractivity (Wildman–Crippen MR) is 90.5 cm³/mol. The quantitative estimate of drug-likeness (QED) is 0.778. The van der Waals surface area contributed by atoms with Crippen LogP contribution in [0.2, 0.25) is 0 Å². The van der Waals surface area contributed by atoms with E-state index in [-0.39, 0.29) is 12.1 Å². The van der Waals surface area contributed by atoms with Crippen LogP contribution >= 0.6 is 0 Å². The lowest BCUT2D eigenvalue weighted by atomic mass is 10.1. The molecule has 0 radical (unpaired) electrons. The number of hydrogen-bond donors (Lipinski definition) is 1. The molecule has 0 aliphatic rings. The van der Waals surface area contributed by atoms with Gasteiger partial charge in [-0.05, 0) is 11.6 Å². The zero-order valence-corrected chi connectivity index (χ0v) is 13.5. The summed E-state index contributed by atoms with van der Waals surface area (Å²) in [6.45, 7) is 0.125. The first-order chi connectivity index (χ1) is 11.6. The Hall–Kier alpha value is -2.86. The minimum Gasteiger partial charge on any atom is -0.493 e. The molecule has 1 unspecified atom stereocenters. The summed E-state index contributed by atoms with van der Waals surface area (Å²) in [6, 6.07) is 12.5. The Balaban J connectivity index is 2.01. The van der Waals surface area contributed by atoms with E-state index in [0.29, 0.717) is 22.4 Å². The molecule has 6 nitrogen and oxygen atoms in total. The van der Waals surface area contributed by atoms with E-state index in [1.165, 1.54) is 25.1 Å². The van der Waals surface area contributed by atoms with Crippen LogP contribution in [-0.4, -0.2) is 28.9 Å². The molecule has 0 aliphatic heterocycles. The van der Waals surface area contributed by atoms with Crippen molar-refractivity contribution in [2.45, 2.75) is 12.6 Å². The number of methoxy groups -OCH3 is 2. The molecule has 0 aliphatic carbocycles. The van der Waals surface area contributed by atoms with Crippen molar-refractivity contribution >= 4 is 10.9 Å². The molecule has 1 atom stereocenters. The summed E-state index contributed by atoms with van der Waals surface area (Å²) in [5.41, 5.74) is 1.02. The van der Waals surface area contributed by atoms with Gasteiger partial charge in [0.1, 0.15) is 0 Å². The Morgan fingerprint density at radius 1 is 1.12 bits per heavy atom. The van der Waals surface area contributed by atoms with E-state index in [4.69, 9.17) is 9.47 Å². The second-order valence-corrected chi connectivity index (χ2v) is 5.35. The van der Waals surface area contributed by atoms with Crippen molar-refractivity contribution in [3.63, 3.8) is 0 Å². The fraction of sp³-hybridized carbons (Fsp3) is 0.222. The van der Waals surface area contributed by atoms with Gasteiger partial charge in [-0.3, -0.25) is 9.36 Å². The molecule has 1 aromatic heterocycles. The number of hydrogen-bond acceptors (Lipinski definition) is 5. The molecule has 0 amide bonds. The third-order valence-corrected chi connectivity index (χ3v) is 3.88. The van der Waals surface area contributed by atoms with E-state index in [1.807, 2.05) is 30.3 Å². The number of aromatic nitrogens is 2. The van der Waals surface area contributed by atoms with Gasteiger partial charge in [0.05, 0.1) is 44.1 Å². The van der Waals surface area contributed by atoms with Crippen LogP contribution in [-0.2, 0) is 6.54 Å². The molecular weight excluding hydrogens is 308 g/mol. The van der Waals surface area contributed by atoms with Gasteiger partial charge in [0.25, 0.3) is 5.56 Å². The van der Waals surface area contributed by atoms with Crippen molar-refractivity contribution in [2.75, 3.05) is 14.2 Å². The lowest BCUT2D eigenvalue weighted by Crippen LogP contribution is -2.23. The number of fused-ring (bicyclic) bond motifs is 1. The van der Waals surface area contributed by atoms with Crippen LogP contribution in [0.1, 0.15) is 11.7 Å². The van der Waals surface area contributed by atoms with Crippen LogP contribution < -0.4 is 15.0 Å². The summed E-state index contributed by atoms with van der Waals surface area (Å²) in [5, 5.41) is 10.7. The molecule has 0 fully saturated rings. The van der Waals surface area contributed by atoms with Crippen molar-refractivity contribution in [1.29, 1.82) is 0 Å². The maximum Gasteiger partial charge on any atom is 0.261 e. The molecule has 6 heteroatoms. The minimum atomic E-state index is -0.789. The Bertz CT molecular complexity index is 906. The third-order valence-electron chi connectivity index (χ3n) is 3.88. The lowest BCUT2D eigenvalue weighted by Gasteiger charge is -2.14. The average Bonchev–Trinajstić information content (AvgIpc) is 2.63. The first-order valence-corrected chi connectivity index (χ1v) is 7.48. The second-order valence-electron chi connectivity index (χ2n) is 5.35. The lowest BCUT2D eigenvalue weighted by molar-refractivity contribution is 0.155. The molecule has 0 bridgehead atoms. The topological polar surface area (TPSA) is 73.6 Å². The van der Waals surface area contributed by atoms with Crippen molar-refractivity contribution in [1.82, 2.24) is 9.55 Å². The first-order valence-electron chi connectivity index (χ1n) is 7.48. The summed E-state index contributed by atoms with van der Waals surface area (Å²) in [5.74, 6) is 0.976. The van der Waals surface area contributed by atoms with Crippen LogP contribution in [0.3, 0.4) is 0 Å². The monoisotopic (exact) mass is 326 g/mol. The fourth-order valence-electron chi connectivity index (χ4n) is 2.58. The number of aliphatic hydroxyl groups excluding tert-OH is 1. The van der Waals surface area contributed by atoms with E-state index in [2.05, 4.69) is 4.98 Å². The van der Waals surface area contributed by atoms with Gasteiger partial charge < -0.3 is 14.6 Å². The van der Waals surface area contributed by atoms with Gasteiger partial charge in [-0.1, -0.05) is 30.3 Å². The molecule has 2 aromatic carbocycles. The summed E-state index contributed by atoms with van der Waals surface area (Å²) < 4.78 is 11.9. The van der Waals surface area contributed by atoms with E-state index in [0.717, 1.165) is 5.56 Å². The molecule has 1 N–H and O–H groups in total. The van der Waals surface area contributed by atoms with E-state index in [9.17, 15) is 9.90 Å². The van der Waals surface area contributed by atoms with E-state index in [1.54, 1.807) is 12.1 Å². The molecule has 1 heterocycles. The number of rotatable bonds is 5. The van der Waals surface area contributed by atoms with Crippen molar-refractivity contribution in [2.24, 2.45) is 0 Å². The van der Waals surface area contributed by atoms with Crippen LogP contribution in [0.4, 0.5) is 0 Å². The van der Waals surface area contributed by atoms with Gasteiger partial charge in [-0.25, -0.2) is 4.98 Å². The van der Waals surface area contributed by atoms with E-state index >= 15 is 0 Å². The highest BCUT2D eigenvalue weighted by Crippen LogP contribution is 2.29. The fourth-order valence-corrected chi connectivity index (χ4v) is 2.58.